The maximum Gasteiger partial charge on any atom is 0.172 e. The molecule has 0 saturated carbocycles. The molecule has 7 aromatic carbocycles. The lowest BCUT2D eigenvalue weighted by Crippen LogP contribution is -2.17. The molecule has 0 fully saturated rings. The number of hydrogen-bond donors (Lipinski definition) is 0. The normalized spacial score (nSPS) is 15.4. The summed E-state index contributed by atoms with van der Waals surface area (Å²) in [5, 5.41) is 1.17. The van der Waals surface area contributed by atoms with E-state index in [1.165, 1.54) is 44.5 Å². The Morgan fingerprint density at radius 1 is 0.527 bits per heavy atom. The monoisotopic (exact) mass is 709 g/mol. The summed E-state index contributed by atoms with van der Waals surface area (Å²) in [5.74, 6) is 3.72. The third kappa shape index (κ3) is 5.47. The minimum absolute atomic E-state index is 0.0220. The van der Waals surface area contributed by atoms with Crippen LogP contribution in [0, 0.1) is 0 Å². The molecule has 1 aromatic heterocycles. The summed E-state index contributed by atoms with van der Waals surface area (Å²) in [5.41, 5.74) is 14.3. The molecule has 2 aliphatic heterocycles. The number of aromatic nitrogens is 1. The summed E-state index contributed by atoms with van der Waals surface area (Å²) in [6.07, 6.45) is 2.70. The van der Waals surface area contributed by atoms with Crippen molar-refractivity contribution >= 4 is 22.5 Å². The molecule has 55 heavy (non-hydrogen) atoms. The van der Waals surface area contributed by atoms with Crippen LogP contribution in [0.5, 0.6) is 23.0 Å². The standard InChI is InChI=1S/C50H35N3O2/c1-3-12-35(13-4-1)41-30-42(52-50(51-41)37-14-5-2-6-15-37)36-21-19-32(20-22-36)33-23-26-38(27-24-33)53-43-28-25-34-11-7-8-16-39(34)49(43)40-29-47-48(31-44(40)53)55-46-18-10-9-17-45(46)54-47/h1-24,26-27,29,31,42H,25,28,30H2. The Balaban J connectivity index is 0.942. The Kier molecular flexibility index (Phi) is 7.37. The van der Waals surface area contributed by atoms with Gasteiger partial charge in [-0.25, -0.2) is 4.99 Å². The average molecular weight is 710 g/mol. The third-order valence-corrected chi connectivity index (χ3v) is 11.1. The predicted molar refractivity (Wildman–Crippen MR) is 221 cm³/mol. The van der Waals surface area contributed by atoms with E-state index in [1.54, 1.807) is 0 Å². The van der Waals surface area contributed by atoms with Crippen molar-refractivity contribution in [2.45, 2.75) is 25.3 Å². The fourth-order valence-electron chi connectivity index (χ4n) is 8.44. The van der Waals surface area contributed by atoms with Gasteiger partial charge in [0.25, 0.3) is 0 Å². The lowest BCUT2D eigenvalue weighted by molar-refractivity contribution is 0.360. The van der Waals surface area contributed by atoms with E-state index < -0.39 is 0 Å². The number of aryl methyl sites for hydroxylation is 1. The second kappa shape index (κ2) is 12.9. The summed E-state index contributed by atoms with van der Waals surface area (Å²) >= 11 is 0. The van der Waals surface area contributed by atoms with Crippen LogP contribution in [-0.2, 0) is 12.8 Å². The maximum atomic E-state index is 6.41. The molecule has 0 saturated heterocycles. The molecular formula is C50H35N3O2. The van der Waals surface area contributed by atoms with E-state index in [0.717, 1.165) is 76.1 Å². The lowest BCUT2D eigenvalue weighted by atomic mass is 9.88. The first kappa shape index (κ1) is 31.5. The quantitative estimate of drug-likeness (QED) is 0.179. The van der Waals surface area contributed by atoms with Gasteiger partial charge in [-0.1, -0.05) is 133 Å². The lowest BCUT2D eigenvalue weighted by Gasteiger charge is -2.21. The van der Waals surface area contributed by atoms with Crippen molar-refractivity contribution in [3.05, 3.63) is 198 Å². The van der Waals surface area contributed by atoms with Crippen LogP contribution in [0.4, 0.5) is 0 Å². The van der Waals surface area contributed by atoms with E-state index in [9.17, 15) is 0 Å². The molecule has 1 aliphatic carbocycles. The Morgan fingerprint density at radius 2 is 1.15 bits per heavy atom. The zero-order chi connectivity index (χ0) is 36.3. The molecule has 3 heterocycles. The van der Waals surface area contributed by atoms with Crippen LogP contribution < -0.4 is 9.47 Å². The van der Waals surface area contributed by atoms with Gasteiger partial charge in [0.2, 0.25) is 0 Å². The zero-order valence-electron chi connectivity index (χ0n) is 30.0. The summed E-state index contributed by atoms with van der Waals surface area (Å²) in [7, 11) is 0. The minimum Gasteiger partial charge on any atom is -0.449 e. The van der Waals surface area contributed by atoms with Crippen LogP contribution in [0.2, 0.25) is 0 Å². The Morgan fingerprint density at radius 3 is 1.87 bits per heavy atom. The third-order valence-electron chi connectivity index (χ3n) is 11.1. The first-order valence-corrected chi connectivity index (χ1v) is 18.9. The summed E-state index contributed by atoms with van der Waals surface area (Å²) in [6, 6.07) is 59.6. The molecule has 1 unspecified atom stereocenters. The van der Waals surface area contributed by atoms with Crippen molar-refractivity contribution in [1.29, 1.82) is 0 Å². The molecule has 0 bridgehead atoms. The molecule has 0 spiro atoms. The van der Waals surface area contributed by atoms with E-state index in [-0.39, 0.29) is 6.04 Å². The van der Waals surface area contributed by atoms with E-state index in [0.29, 0.717) is 0 Å². The highest BCUT2D eigenvalue weighted by Crippen LogP contribution is 2.50. The van der Waals surface area contributed by atoms with Crippen LogP contribution >= 0.6 is 0 Å². The van der Waals surface area contributed by atoms with Gasteiger partial charge < -0.3 is 14.0 Å². The van der Waals surface area contributed by atoms with Crippen molar-refractivity contribution in [3.63, 3.8) is 0 Å². The van der Waals surface area contributed by atoms with Crippen LogP contribution in [0.1, 0.15) is 40.4 Å². The molecule has 0 radical (unpaired) electrons. The molecule has 5 nitrogen and oxygen atoms in total. The zero-order valence-corrected chi connectivity index (χ0v) is 30.0. The van der Waals surface area contributed by atoms with Crippen molar-refractivity contribution in [2.75, 3.05) is 0 Å². The predicted octanol–water partition coefficient (Wildman–Crippen LogP) is 12.3. The first-order chi connectivity index (χ1) is 27.2. The van der Waals surface area contributed by atoms with Gasteiger partial charge in [-0.15, -0.1) is 0 Å². The number of ether oxygens (including phenoxy) is 2. The van der Waals surface area contributed by atoms with E-state index in [2.05, 4.69) is 126 Å². The van der Waals surface area contributed by atoms with Gasteiger partial charge in [0.1, 0.15) is 0 Å². The fraction of sp³-hybridized carbons (Fsp3) is 0.0800. The summed E-state index contributed by atoms with van der Waals surface area (Å²) in [6.45, 7) is 0. The van der Waals surface area contributed by atoms with Crippen molar-refractivity contribution in [2.24, 2.45) is 9.98 Å². The molecular weight excluding hydrogens is 675 g/mol. The molecule has 5 heteroatoms. The number of rotatable bonds is 5. The Labute approximate surface area is 319 Å². The van der Waals surface area contributed by atoms with Crippen molar-refractivity contribution in [1.82, 2.24) is 4.57 Å². The van der Waals surface area contributed by atoms with Crippen LogP contribution in [0.3, 0.4) is 0 Å². The maximum absolute atomic E-state index is 6.41. The van der Waals surface area contributed by atoms with Gasteiger partial charge >= 0.3 is 0 Å². The topological polar surface area (TPSA) is 48.1 Å². The van der Waals surface area contributed by atoms with Gasteiger partial charge in [0, 0.05) is 40.4 Å². The SMILES string of the molecule is c1ccc(C2=NC(c3ccccc3)=NC(c3ccc(-c4ccc(-n5c6c(c7cc8c(cc75)Oc5ccccc5O8)-c5ccccc5CC6)cc4)cc3)C2)cc1. The minimum atomic E-state index is -0.0220. The number of para-hydroxylation sites is 2. The number of amidine groups is 1. The van der Waals surface area contributed by atoms with Gasteiger partial charge in [0.05, 0.1) is 17.3 Å². The van der Waals surface area contributed by atoms with Crippen LogP contribution in [0.25, 0.3) is 38.8 Å². The number of benzene rings is 7. The van der Waals surface area contributed by atoms with Crippen molar-refractivity contribution < 1.29 is 9.47 Å². The van der Waals surface area contributed by atoms with Gasteiger partial charge in [-0.05, 0) is 76.6 Å². The number of nitrogens with zero attached hydrogens (tertiary/aromatic N) is 3. The highest BCUT2D eigenvalue weighted by atomic mass is 16.6. The van der Waals surface area contributed by atoms with E-state index >= 15 is 0 Å². The van der Waals surface area contributed by atoms with E-state index in [4.69, 9.17) is 19.5 Å². The molecule has 262 valence electrons. The summed E-state index contributed by atoms with van der Waals surface area (Å²) < 4.78 is 15.2. The largest absolute Gasteiger partial charge is 0.449 e. The second-order valence-corrected chi connectivity index (χ2v) is 14.4. The van der Waals surface area contributed by atoms with Gasteiger partial charge in [-0.3, -0.25) is 4.99 Å². The first-order valence-electron chi connectivity index (χ1n) is 18.9. The molecule has 3 aliphatic rings. The van der Waals surface area contributed by atoms with Crippen LogP contribution in [-0.4, -0.2) is 16.1 Å². The number of aliphatic imine (C=N–C) groups is 2. The highest BCUT2D eigenvalue weighted by molar-refractivity contribution is 6.14. The smallest absolute Gasteiger partial charge is 0.172 e. The summed E-state index contributed by atoms with van der Waals surface area (Å²) in [4.78, 5) is 10.2. The molecule has 8 aromatic rings. The molecule has 0 amide bonds. The van der Waals surface area contributed by atoms with E-state index in [1.807, 2.05) is 48.5 Å². The average Bonchev–Trinajstić information content (AvgIpc) is 3.58. The van der Waals surface area contributed by atoms with Crippen LogP contribution in [0.15, 0.2) is 180 Å². The van der Waals surface area contributed by atoms with Gasteiger partial charge in [-0.2, -0.15) is 0 Å². The number of hydrogen-bond acceptors (Lipinski definition) is 4. The second-order valence-electron chi connectivity index (χ2n) is 14.4. The molecule has 11 rings (SSSR count). The molecule has 1 atom stereocenters. The Bertz CT molecular complexity index is 2820. The molecule has 0 N–H and O–H groups in total. The number of fused-ring (bicyclic) bond motifs is 7. The highest BCUT2D eigenvalue weighted by Gasteiger charge is 2.29. The Hall–Kier alpha value is -6.98. The van der Waals surface area contributed by atoms with Crippen molar-refractivity contribution in [3.8, 4) is 50.9 Å². The fourth-order valence-corrected chi connectivity index (χ4v) is 8.44. The van der Waals surface area contributed by atoms with Gasteiger partial charge in [0.15, 0.2) is 28.8 Å².